The third kappa shape index (κ3) is 8.19. The molecule has 1 saturated carbocycles. The summed E-state index contributed by atoms with van der Waals surface area (Å²) < 4.78 is 29.2. The minimum Gasteiger partial charge on any atom is -0.462 e. The molecule has 240 valence electrons. The Labute approximate surface area is 253 Å². The van der Waals surface area contributed by atoms with Crippen molar-refractivity contribution in [2.24, 2.45) is 29.1 Å². The molecule has 11 nitrogen and oxygen atoms in total. The molecule has 0 unspecified atom stereocenters. The summed E-state index contributed by atoms with van der Waals surface area (Å²) in [5.41, 5.74) is -3.26. The van der Waals surface area contributed by atoms with Crippen molar-refractivity contribution in [2.75, 3.05) is 6.61 Å². The number of ketones is 2. The summed E-state index contributed by atoms with van der Waals surface area (Å²) >= 11 is 0. The van der Waals surface area contributed by atoms with E-state index in [2.05, 4.69) is 6.58 Å². The maximum Gasteiger partial charge on any atom is 0.303 e. The van der Waals surface area contributed by atoms with Crippen LogP contribution in [0.15, 0.2) is 24.3 Å². The SMILES string of the molecule is C=C1[C@H](OC(C)=O)[C@H]2[C@@H](OC(C)=O)[C@@H](C)C[C@]2(OC(C)=O)C(=O)[C@H](C)/C=C/C(C)(C)C(=O)[C@H](OCC(C)C)[C@H]1OC(C)=O. The molecule has 8 atom stereocenters. The van der Waals surface area contributed by atoms with Crippen molar-refractivity contribution >= 4 is 35.4 Å². The minimum absolute atomic E-state index is 0.0124. The summed E-state index contributed by atoms with van der Waals surface area (Å²) in [4.78, 5) is 78.5. The quantitative estimate of drug-likeness (QED) is 0.237. The van der Waals surface area contributed by atoms with Gasteiger partial charge < -0.3 is 23.7 Å². The zero-order chi connectivity index (χ0) is 33.0. The van der Waals surface area contributed by atoms with Crippen LogP contribution in [0.1, 0.15) is 75.7 Å². The molecule has 0 spiro atoms. The van der Waals surface area contributed by atoms with E-state index in [1.807, 2.05) is 13.8 Å². The lowest BCUT2D eigenvalue weighted by atomic mass is 9.72. The number of rotatable bonds is 7. The molecule has 2 rings (SSSR count). The van der Waals surface area contributed by atoms with Gasteiger partial charge in [0, 0.05) is 51.0 Å². The molecule has 2 aliphatic rings. The Morgan fingerprint density at radius 3 is 1.88 bits per heavy atom. The summed E-state index contributed by atoms with van der Waals surface area (Å²) in [7, 11) is 0. The van der Waals surface area contributed by atoms with Crippen LogP contribution in [0.3, 0.4) is 0 Å². The summed E-state index contributed by atoms with van der Waals surface area (Å²) in [6, 6.07) is 0. The fourth-order valence-electron chi connectivity index (χ4n) is 5.96. The largest absolute Gasteiger partial charge is 0.462 e. The van der Waals surface area contributed by atoms with Crippen LogP contribution >= 0.6 is 0 Å². The molecular weight excluding hydrogens is 560 g/mol. The molecule has 0 aromatic carbocycles. The molecule has 0 saturated heterocycles. The van der Waals surface area contributed by atoms with Crippen LogP contribution in [-0.2, 0) is 52.5 Å². The average Bonchev–Trinajstić information content (AvgIpc) is 3.13. The number of carbonyl (C=O) groups is 6. The van der Waals surface area contributed by atoms with E-state index in [1.165, 1.54) is 6.92 Å². The van der Waals surface area contributed by atoms with Gasteiger partial charge in [0.05, 0.1) is 12.5 Å². The van der Waals surface area contributed by atoms with Gasteiger partial charge in [-0.2, -0.15) is 0 Å². The molecule has 0 bridgehead atoms. The zero-order valence-electron chi connectivity index (χ0n) is 26.9. The number of ether oxygens (including phenoxy) is 5. The number of hydrogen-bond donors (Lipinski definition) is 0. The Kier molecular flexibility index (Phi) is 11.6. The van der Waals surface area contributed by atoms with Gasteiger partial charge in [-0.25, -0.2) is 0 Å². The summed E-state index contributed by atoms with van der Waals surface area (Å²) in [5.74, 6) is -6.81. The second-order valence-corrected chi connectivity index (χ2v) is 12.6. The molecule has 11 heteroatoms. The maximum atomic E-state index is 14.4. The van der Waals surface area contributed by atoms with E-state index in [4.69, 9.17) is 23.7 Å². The first-order valence-corrected chi connectivity index (χ1v) is 14.5. The Balaban J connectivity index is 3.04. The molecule has 2 aliphatic carbocycles. The molecule has 0 radical (unpaired) electrons. The van der Waals surface area contributed by atoms with Crippen molar-refractivity contribution < 1.29 is 52.5 Å². The highest BCUT2D eigenvalue weighted by Gasteiger charge is 2.65. The van der Waals surface area contributed by atoms with Crippen molar-refractivity contribution in [1.82, 2.24) is 0 Å². The molecule has 0 aromatic heterocycles. The second-order valence-electron chi connectivity index (χ2n) is 12.6. The average molecular weight is 607 g/mol. The first-order chi connectivity index (χ1) is 19.7. The van der Waals surface area contributed by atoms with Gasteiger partial charge >= 0.3 is 23.9 Å². The highest BCUT2D eigenvalue weighted by molar-refractivity contribution is 5.95. The van der Waals surface area contributed by atoms with E-state index < -0.39 is 88.6 Å². The molecule has 0 N–H and O–H groups in total. The standard InChI is InChI=1S/C32H46O11/c1-16(2)15-39-28-27(42-22(8)35)19(5)26(41-21(7)34)24-25(40-20(6)33)18(4)14-32(24,43-23(9)36)29(37)17(3)12-13-31(10,11)30(28)38/h12-13,16-18,24-28H,5,14-15H2,1-4,6-11H3/b13-12+/t17-,18+,24-,25+,26+,27+,28-,32-/m1/s1. The van der Waals surface area contributed by atoms with Crippen LogP contribution in [0.5, 0.6) is 0 Å². The van der Waals surface area contributed by atoms with Gasteiger partial charge in [0.1, 0.15) is 12.2 Å². The molecule has 0 aromatic rings. The maximum absolute atomic E-state index is 14.4. The van der Waals surface area contributed by atoms with Crippen LogP contribution < -0.4 is 0 Å². The number of allylic oxidation sites excluding steroid dienone is 2. The summed E-state index contributed by atoms with van der Waals surface area (Å²) in [6.07, 6.45) is -2.44. The fourth-order valence-corrected chi connectivity index (χ4v) is 5.96. The van der Waals surface area contributed by atoms with E-state index >= 15 is 0 Å². The zero-order valence-corrected chi connectivity index (χ0v) is 26.9. The van der Waals surface area contributed by atoms with E-state index in [9.17, 15) is 28.8 Å². The summed E-state index contributed by atoms with van der Waals surface area (Å²) in [5, 5.41) is 0. The van der Waals surface area contributed by atoms with E-state index in [-0.39, 0.29) is 24.5 Å². The van der Waals surface area contributed by atoms with Crippen molar-refractivity contribution in [3.63, 3.8) is 0 Å². The number of carbonyl (C=O) groups excluding carboxylic acids is 6. The Hall–Kier alpha value is -3.34. The highest BCUT2D eigenvalue weighted by atomic mass is 16.6. The van der Waals surface area contributed by atoms with Gasteiger partial charge in [0.25, 0.3) is 0 Å². The lowest BCUT2D eigenvalue weighted by Crippen LogP contribution is -2.58. The van der Waals surface area contributed by atoms with E-state index in [0.717, 1.165) is 20.8 Å². The Morgan fingerprint density at radius 2 is 1.40 bits per heavy atom. The first kappa shape index (κ1) is 35.9. The lowest BCUT2D eigenvalue weighted by molar-refractivity contribution is -0.186. The van der Waals surface area contributed by atoms with Gasteiger partial charge in [0.2, 0.25) is 0 Å². The van der Waals surface area contributed by atoms with Gasteiger partial charge in [-0.1, -0.05) is 46.4 Å². The molecule has 0 heterocycles. The van der Waals surface area contributed by atoms with Gasteiger partial charge in [-0.3, -0.25) is 28.8 Å². The van der Waals surface area contributed by atoms with Crippen LogP contribution in [0, 0.1) is 29.1 Å². The van der Waals surface area contributed by atoms with Crippen LogP contribution in [0.2, 0.25) is 0 Å². The molecule has 1 fully saturated rings. The summed E-state index contributed by atoms with van der Waals surface area (Å²) in [6.45, 7) is 19.2. The number of hydrogen-bond acceptors (Lipinski definition) is 11. The normalized spacial score (nSPS) is 33.5. The second kappa shape index (κ2) is 14.0. The van der Waals surface area contributed by atoms with Crippen LogP contribution in [0.25, 0.3) is 0 Å². The monoisotopic (exact) mass is 606 g/mol. The Morgan fingerprint density at radius 1 is 0.860 bits per heavy atom. The number of Topliss-reactive ketones (excluding diaryl/α,β-unsaturated/α-hetero) is 2. The lowest BCUT2D eigenvalue weighted by Gasteiger charge is -2.42. The van der Waals surface area contributed by atoms with Crippen LogP contribution in [-0.4, -0.2) is 72.1 Å². The molecule has 0 aliphatic heterocycles. The van der Waals surface area contributed by atoms with Gasteiger partial charge in [-0.15, -0.1) is 0 Å². The van der Waals surface area contributed by atoms with Gasteiger partial charge in [-0.05, 0) is 25.7 Å². The van der Waals surface area contributed by atoms with E-state index in [0.29, 0.717) is 0 Å². The van der Waals surface area contributed by atoms with Crippen molar-refractivity contribution in [2.45, 2.75) is 106 Å². The fraction of sp³-hybridized carbons (Fsp3) is 0.688. The first-order valence-electron chi connectivity index (χ1n) is 14.5. The van der Waals surface area contributed by atoms with Crippen molar-refractivity contribution in [3.8, 4) is 0 Å². The number of fused-ring (bicyclic) bond motifs is 1. The minimum atomic E-state index is -1.94. The molecular formula is C32H46O11. The molecule has 0 amide bonds. The van der Waals surface area contributed by atoms with Crippen LogP contribution in [0.4, 0.5) is 0 Å². The van der Waals surface area contributed by atoms with Crippen molar-refractivity contribution in [3.05, 3.63) is 24.3 Å². The van der Waals surface area contributed by atoms with Gasteiger partial charge in [0.15, 0.2) is 29.4 Å². The number of esters is 4. The third-order valence-corrected chi connectivity index (χ3v) is 7.76. The third-order valence-electron chi connectivity index (χ3n) is 7.76. The predicted octanol–water partition coefficient (Wildman–Crippen LogP) is 3.71. The molecule has 43 heavy (non-hydrogen) atoms. The Bertz CT molecular complexity index is 1170. The predicted molar refractivity (Wildman–Crippen MR) is 154 cm³/mol. The highest BCUT2D eigenvalue weighted by Crippen LogP contribution is 2.51. The van der Waals surface area contributed by atoms with E-state index in [1.54, 1.807) is 39.8 Å². The topological polar surface area (TPSA) is 149 Å². The smallest absolute Gasteiger partial charge is 0.303 e. The van der Waals surface area contributed by atoms with Crippen molar-refractivity contribution in [1.29, 1.82) is 0 Å².